The SMILES string of the molecule is Cc1ccccc1C1(NC(=O)N(C)CCn2ccnc2C)CC1. The average molecular weight is 312 g/mol. The van der Waals surface area contributed by atoms with Crippen LogP contribution in [0.15, 0.2) is 36.7 Å². The van der Waals surface area contributed by atoms with E-state index in [4.69, 9.17) is 0 Å². The summed E-state index contributed by atoms with van der Waals surface area (Å²) in [7, 11) is 1.84. The topological polar surface area (TPSA) is 50.2 Å². The zero-order valence-electron chi connectivity index (χ0n) is 14.0. The number of benzene rings is 1. The van der Waals surface area contributed by atoms with Crippen LogP contribution < -0.4 is 5.32 Å². The molecule has 1 aliphatic carbocycles. The van der Waals surface area contributed by atoms with Gasteiger partial charge in [-0.3, -0.25) is 0 Å². The third-order valence-electron chi connectivity index (χ3n) is 4.70. The maximum atomic E-state index is 12.5. The maximum absolute atomic E-state index is 12.5. The molecular formula is C18H24N4O. The quantitative estimate of drug-likeness (QED) is 0.923. The van der Waals surface area contributed by atoms with Gasteiger partial charge in [0.1, 0.15) is 5.82 Å². The lowest BCUT2D eigenvalue weighted by Gasteiger charge is -2.25. The Balaban J connectivity index is 1.60. The lowest BCUT2D eigenvalue weighted by atomic mass is 9.99. The highest BCUT2D eigenvalue weighted by molar-refractivity contribution is 5.75. The molecule has 2 amide bonds. The van der Waals surface area contributed by atoms with Crippen LogP contribution in [0.3, 0.4) is 0 Å². The minimum Gasteiger partial charge on any atom is -0.333 e. The molecule has 0 atom stereocenters. The molecule has 122 valence electrons. The molecule has 0 spiro atoms. The highest BCUT2D eigenvalue weighted by atomic mass is 16.2. The molecule has 1 N–H and O–H groups in total. The van der Waals surface area contributed by atoms with E-state index >= 15 is 0 Å². The van der Waals surface area contributed by atoms with Gasteiger partial charge in [0, 0.05) is 32.5 Å². The normalized spacial score (nSPS) is 15.3. The van der Waals surface area contributed by atoms with Gasteiger partial charge in [-0.1, -0.05) is 24.3 Å². The first-order valence-corrected chi connectivity index (χ1v) is 8.09. The van der Waals surface area contributed by atoms with Crippen molar-refractivity contribution in [2.45, 2.75) is 38.8 Å². The van der Waals surface area contributed by atoms with E-state index in [1.807, 2.05) is 32.3 Å². The summed E-state index contributed by atoms with van der Waals surface area (Å²) < 4.78 is 2.05. The number of hydrogen-bond donors (Lipinski definition) is 1. The zero-order valence-corrected chi connectivity index (χ0v) is 14.0. The van der Waals surface area contributed by atoms with E-state index < -0.39 is 0 Å². The second-order valence-corrected chi connectivity index (χ2v) is 6.42. The number of nitrogens with one attached hydrogen (secondary N) is 1. The summed E-state index contributed by atoms with van der Waals surface area (Å²) in [5.41, 5.74) is 2.32. The third kappa shape index (κ3) is 3.23. The lowest BCUT2D eigenvalue weighted by molar-refractivity contribution is 0.201. The van der Waals surface area contributed by atoms with E-state index in [9.17, 15) is 4.79 Å². The number of aromatic nitrogens is 2. The Labute approximate surface area is 137 Å². The van der Waals surface area contributed by atoms with Crippen molar-refractivity contribution in [3.05, 3.63) is 53.6 Å². The van der Waals surface area contributed by atoms with Gasteiger partial charge < -0.3 is 14.8 Å². The van der Waals surface area contributed by atoms with Gasteiger partial charge in [0.05, 0.1) is 5.54 Å². The Kier molecular flexibility index (Phi) is 4.11. The second-order valence-electron chi connectivity index (χ2n) is 6.42. The van der Waals surface area contributed by atoms with Crippen LogP contribution in [-0.2, 0) is 12.1 Å². The fraction of sp³-hybridized carbons (Fsp3) is 0.444. The molecule has 1 aromatic heterocycles. The van der Waals surface area contributed by atoms with E-state index in [0.717, 1.165) is 25.2 Å². The van der Waals surface area contributed by atoms with Crippen molar-refractivity contribution in [1.82, 2.24) is 19.8 Å². The van der Waals surface area contributed by atoms with Crippen molar-refractivity contribution in [3.8, 4) is 0 Å². The Hall–Kier alpha value is -2.30. The molecule has 23 heavy (non-hydrogen) atoms. The van der Waals surface area contributed by atoms with Gasteiger partial charge in [0.25, 0.3) is 0 Å². The van der Waals surface area contributed by atoms with Crippen molar-refractivity contribution in [3.63, 3.8) is 0 Å². The molecule has 1 fully saturated rings. The smallest absolute Gasteiger partial charge is 0.317 e. The molecule has 5 nitrogen and oxygen atoms in total. The summed E-state index contributed by atoms with van der Waals surface area (Å²) in [6.45, 7) is 5.49. The summed E-state index contributed by atoms with van der Waals surface area (Å²) in [6, 6.07) is 8.30. The van der Waals surface area contributed by atoms with E-state index in [-0.39, 0.29) is 11.6 Å². The molecule has 3 rings (SSSR count). The second kappa shape index (κ2) is 6.07. The molecule has 5 heteroatoms. The third-order valence-corrected chi connectivity index (χ3v) is 4.70. The van der Waals surface area contributed by atoms with Crippen LogP contribution in [0.1, 0.15) is 29.8 Å². The number of aryl methyl sites for hydroxylation is 2. The monoisotopic (exact) mass is 312 g/mol. The fourth-order valence-electron chi connectivity index (χ4n) is 3.00. The van der Waals surface area contributed by atoms with Gasteiger partial charge in [0.15, 0.2) is 0 Å². The molecule has 1 aliphatic rings. The van der Waals surface area contributed by atoms with Gasteiger partial charge in [-0.15, -0.1) is 0 Å². The van der Waals surface area contributed by atoms with Gasteiger partial charge in [-0.2, -0.15) is 0 Å². The summed E-state index contributed by atoms with van der Waals surface area (Å²) in [5, 5.41) is 3.23. The maximum Gasteiger partial charge on any atom is 0.317 e. The Morgan fingerprint density at radius 1 is 1.35 bits per heavy atom. The largest absolute Gasteiger partial charge is 0.333 e. The first-order chi connectivity index (χ1) is 11.0. The molecule has 0 bridgehead atoms. The van der Waals surface area contributed by atoms with Crippen LogP contribution in [-0.4, -0.2) is 34.1 Å². The Morgan fingerprint density at radius 2 is 2.09 bits per heavy atom. The first kappa shape index (κ1) is 15.6. The molecule has 1 aromatic carbocycles. The highest BCUT2D eigenvalue weighted by Gasteiger charge is 2.46. The molecular weight excluding hydrogens is 288 g/mol. The molecule has 2 aromatic rings. The number of amides is 2. The molecule has 0 aliphatic heterocycles. The van der Waals surface area contributed by atoms with Crippen molar-refractivity contribution in [1.29, 1.82) is 0 Å². The van der Waals surface area contributed by atoms with Crippen LogP contribution >= 0.6 is 0 Å². The standard InChI is InChI=1S/C18H24N4O/c1-14-6-4-5-7-16(14)18(8-9-18)20-17(23)21(3)12-13-22-11-10-19-15(22)2/h4-7,10-11H,8-9,12-13H2,1-3H3,(H,20,23). The average Bonchev–Trinajstić information content (AvgIpc) is 3.19. The van der Waals surface area contributed by atoms with Crippen molar-refractivity contribution in [2.75, 3.05) is 13.6 Å². The number of hydrogen-bond acceptors (Lipinski definition) is 2. The molecule has 1 saturated carbocycles. The van der Waals surface area contributed by atoms with Crippen LogP contribution in [0.2, 0.25) is 0 Å². The van der Waals surface area contributed by atoms with Crippen LogP contribution in [0, 0.1) is 13.8 Å². The number of likely N-dealkylation sites (N-methyl/N-ethyl adjacent to an activating group) is 1. The summed E-state index contributed by atoms with van der Waals surface area (Å²) in [5.74, 6) is 0.970. The van der Waals surface area contributed by atoms with E-state index in [2.05, 4.69) is 33.9 Å². The number of imidazole rings is 1. The van der Waals surface area contributed by atoms with Gasteiger partial charge >= 0.3 is 6.03 Å². The van der Waals surface area contributed by atoms with Gasteiger partial charge in [-0.05, 0) is 37.8 Å². The Morgan fingerprint density at radius 3 is 2.70 bits per heavy atom. The number of carbonyl (C=O) groups excluding carboxylic acids is 1. The van der Waals surface area contributed by atoms with Crippen LogP contribution in [0.25, 0.3) is 0 Å². The lowest BCUT2D eigenvalue weighted by Crippen LogP contribution is -2.44. The highest BCUT2D eigenvalue weighted by Crippen LogP contribution is 2.46. The fourth-order valence-corrected chi connectivity index (χ4v) is 3.00. The number of urea groups is 1. The number of nitrogens with zero attached hydrogens (tertiary/aromatic N) is 3. The molecule has 0 radical (unpaired) electrons. The van der Waals surface area contributed by atoms with E-state index in [1.54, 1.807) is 11.1 Å². The Bertz CT molecular complexity index is 703. The van der Waals surface area contributed by atoms with Crippen LogP contribution in [0.5, 0.6) is 0 Å². The van der Waals surface area contributed by atoms with Gasteiger partial charge in [-0.25, -0.2) is 9.78 Å². The molecule has 1 heterocycles. The minimum atomic E-state index is -0.165. The summed E-state index contributed by atoms with van der Waals surface area (Å²) in [4.78, 5) is 18.5. The van der Waals surface area contributed by atoms with Crippen molar-refractivity contribution < 1.29 is 4.79 Å². The van der Waals surface area contributed by atoms with Crippen LogP contribution in [0.4, 0.5) is 4.79 Å². The first-order valence-electron chi connectivity index (χ1n) is 8.09. The molecule has 0 saturated heterocycles. The number of carbonyl (C=O) groups is 1. The van der Waals surface area contributed by atoms with Crippen molar-refractivity contribution in [2.24, 2.45) is 0 Å². The van der Waals surface area contributed by atoms with Gasteiger partial charge in [0.2, 0.25) is 0 Å². The minimum absolute atomic E-state index is 0.0106. The van der Waals surface area contributed by atoms with E-state index in [1.165, 1.54) is 11.1 Å². The van der Waals surface area contributed by atoms with Crippen molar-refractivity contribution >= 4 is 6.03 Å². The van der Waals surface area contributed by atoms with E-state index in [0.29, 0.717) is 6.54 Å². The zero-order chi connectivity index (χ0) is 16.4. The summed E-state index contributed by atoms with van der Waals surface area (Å²) in [6.07, 6.45) is 5.75. The number of rotatable bonds is 5. The predicted octanol–water partition coefficient (Wildman–Crippen LogP) is 2.83. The molecule has 0 unspecified atom stereocenters. The summed E-state index contributed by atoms with van der Waals surface area (Å²) >= 11 is 0. The predicted molar refractivity (Wildman–Crippen MR) is 90.2 cm³/mol.